The summed E-state index contributed by atoms with van der Waals surface area (Å²) in [7, 11) is 4.38. The first-order valence-electron chi connectivity index (χ1n) is 8.51. The second kappa shape index (κ2) is 6.99. The minimum absolute atomic E-state index is 0.365. The van der Waals surface area contributed by atoms with E-state index in [-0.39, 0.29) is 0 Å². The second-order valence-electron chi connectivity index (χ2n) is 6.99. The molecule has 2 heterocycles. The third-order valence-electron chi connectivity index (χ3n) is 5.18. The predicted octanol–water partition coefficient (Wildman–Crippen LogP) is 2.11. The molecule has 2 saturated heterocycles. The molecule has 0 bridgehead atoms. The molecular weight excluding hydrogens is 274 g/mol. The summed E-state index contributed by atoms with van der Waals surface area (Å²) in [5.41, 5.74) is 7.21. The monoisotopic (exact) mass is 303 g/mol. The van der Waals surface area contributed by atoms with E-state index in [9.17, 15) is 0 Å². The number of hydrogen-bond donors (Lipinski definition) is 1. The Morgan fingerprint density at radius 1 is 1.23 bits per heavy atom. The van der Waals surface area contributed by atoms with Crippen molar-refractivity contribution in [1.29, 1.82) is 0 Å². The van der Waals surface area contributed by atoms with E-state index < -0.39 is 0 Å². The summed E-state index contributed by atoms with van der Waals surface area (Å²) in [6, 6.07) is 9.16. The van der Waals surface area contributed by atoms with E-state index in [2.05, 4.69) is 48.2 Å². The average molecular weight is 303 g/mol. The standard InChI is InChI=1S/C18H29N3O/c1-20-8-6-16(7-9-20)22-17-5-3-4-15(11-17)18-10-14(12-19)13-21(18)2/h3-5,11,14,16,18H,6-10,12-13,19H2,1-2H3. The lowest BCUT2D eigenvalue weighted by atomic mass is 10.00. The molecule has 2 fully saturated rings. The van der Waals surface area contributed by atoms with Crippen molar-refractivity contribution in [3.05, 3.63) is 29.8 Å². The van der Waals surface area contributed by atoms with Crippen LogP contribution in [-0.4, -0.2) is 56.2 Å². The van der Waals surface area contributed by atoms with Gasteiger partial charge >= 0.3 is 0 Å². The van der Waals surface area contributed by atoms with Gasteiger partial charge < -0.3 is 15.4 Å². The molecule has 122 valence electrons. The van der Waals surface area contributed by atoms with Gasteiger partial charge in [-0.2, -0.15) is 0 Å². The zero-order valence-electron chi connectivity index (χ0n) is 13.9. The SMILES string of the molecule is CN1CCC(Oc2cccc(C3CC(CN)CN3C)c2)CC1. The Kier molecular flexibility index (Phi) is 5.01. The summed E-state index contributed by atoms with van der Waals surface area (Å²) in [4.78, 5) is 4.79. The highest BCUT2D eigenvalue weighted by molar-refractivity contribution is 5.31. The highest BCUT2D eigenvalue weighted by atomic mass is 16.5. The van der Waals surface area contributed by atoms with Crippen molar-refractivity contribution in [3.8, 4) is 5.75 Å². The number of nitrogens with two attached hydrogens (primary N) is 1. The normalized spacial score (nSPS) is 28.1. The number of hydrogen-bond acceptors (Lipinski definition) is 4. The smallest absolute Gasteiger partial charge is 0.120 e. The van der Waals surface area contributed by atoms with Gasteiger partial charge in [0.1, 0.15) is 11.9 Å². The Morgan fingerprint density at radius 2 is 2.00 bits per heavy atom. The fraction of sp³-hybridized carbons (Fsp3) is 0.667. The van der Waals surface area contributed by atoms with Crippen LogP contribution < -0.4 is 10.5 Å². The molecule has 22 heavy (non-hydrogen) atoms. The molecule has 4 nitrogen and oxygen atoms in total. The van der Waals surface area contributed by atoms with Crippen LogP contribution in [0, 0.1) is 5.92 Å². The molecule has 0 radical (unpaired) electrons. The van der Waals surface area contributed by atoms with Gasteiger partial charge in [-0.05, 0) is 63.5 Å². The Morgan fingerprint density at radius 3 is 2.68 bits per heavy atom. The van der Waals surface area contributed by atoms with Crippen LogP contribution in [0.3, 0.4) is 0 Å². The highest BCUT2D eigenvalue weighted by Crippen LogP contribution is 2.35. The molecule has 0 saturated carbocycles. The lowest BCUT2D eigenvalue weighted by Crippen LogP contribution is -2.35. The maximum Gasteiger partial charge on any atom is 0.120 e. The van der Waals surface area contributed by atoms with Gasteiger partial charge in [-0.3, -0.25) is 4.90 Å². The summed E-state index contributed by atoms with van der Waals surface area (Å²) >= 11 is 0. The first-order chi connectivity index (χ1) is 10.7. The lowest BCUT2D eigenvalue weighted by Gasteiger charge is -2.29. The van der Waals surface area contributed by atoms with Crippen molar-refractivity contribution < 1.29 is 4.74 Å². The van der Waals surface area contributed by atoms with Crippen molar-refractivity contribution in [2.24, 2.45) is 11.7 Å². The van der Waals surface area contributed by atoms with E-state index in [1.54, 1.807) is 0 Å². The molecule has 0 aromatic heterocycles. The van der Waals surface area contributed by atoms with Crippen LogP contribution in [-0.2, 0) is 0 Å². The summed E-state index contributed by atoms with van der Waals surface area (Å²) in [5, 5.41) is 0. The minimum atomic E-state index is 0.365. The van der Waals surface area contributed by atoms with Crippen molar-refractivity contribution in [2.45, 2.75) is 31.4 Å². The van der Waals surface area contributed by atoms with Gasteiger partial charge in [-0.1, -0.05) is 12.1 Å². The first kappa shape index (κ1) is 15.8. The van der Waals surface area contributed by atoms with Crippen LogP contribution in [0.1, 0.15) is 30.9 Å². The van der Waals surface area contributed by atoms with Crippen LogP contribution in [0.5, 0.6) is 5.75 Å². The molecule has 1 aromatic carbocycles. The number of piperidine rings is 1. The Balaban J connectivity index is 1.65. The Labute approximate surface area is 134 Å². The van der Waals surface area contributed by atoms with Gasteiger partial charge in [-0.25, -0.2) is 0 Å². The molecule has 2 aliphatic heterocycles. The van der Waals surface area contributed by atoms with Crippen LogP contribution in [0.25, 0.3) is 0 Å². The molecule has 0 amide bonds. The fourth-order valence-corrected chi connectivity index (χ4v) is 3.76. The van der Waals surface area contributed by atoms with Crippen molar-refractivity contribution in [2.75, 3.05) is 40.3 Å². The highest BCUT2D eigenvalue weighted by Gasteiger charge is 2.30. The Bertz CT molecular complexity index is 485. The van der Waals surface area contributed by atoms with Crippen LogP contribution in [0.2, 0.25) is 0 Å². The molecule has 0 spiro atoms. The quantitative estimate of drug-likeness (QED) is 0.925. The summed E-state index contributed by atoms with van der Waals surface area (Å²) in [5.74, 6) is 1.64. The van der Waals surface area contributed by atoms with E-state index in [1.165, 1.54) is 5.56 Å². The third-order valence-corrected chi connectivity index (χ3v) is 5.18. The number of nitrogens with zero attached hydrogens (tertiary/aromatic N) is 2. The lowest BCUT2D eigenvalue weighted by molar-refractivity contribution is 0.114. The predicted molar refractivity (Wildman–Crippen MR) is 90.1 cm³/mol. The van der Waals surface area contributed by atoms with E-state index in [0.29, 0.717) is 18.1 Å². The number of likely N-dealkylation sites (tertiary alicyclic amines) is 2. The molecule has 2 aliphatic rings. The van der Waals surface area contributed by atoms with Gasteiger partial charge in [-0.15, -0.1) is 0 Å². The molecule has 2 N–H and O–H groups in total. The molecule has 4 heteroatoms. The molecule has 0 aliphatic carbocycles. The summed E-state index contributed by atoms with van der Waals surface area (Å²) in [6.45, 7) is 4.15. The molecular formula is C18H29N3O. The third kappa shape index (κ3) is 3.62. The topological polar surface area (TPSA) is 41.7 Å². The average Bonchev–Trinajstić information content (AvgIpc) is 2.91. The van der Waals surface area contributed by atoms with Crippen molar-refractivity contribution >= 4 is 0 Å². The maximum atomic E-state index is 6.22. The Hall–Kier alpha value is -1.10. The van der Waals surface area contributed by atoms with Crippen LogP contribution >= 0.6 is 0 Å². The molecule has 2 unspecified atom stereocenters. The van der Waals surface area contributed by atoms with E-state index >= 15 is 0 Å². The second-order valence-corrected chi connectivity index (χ2v) is 6.99. The zero-order chi connectivity index (χ0) is 15.5. The van der Waals surface area contributed by atoms with E-state index in [4.69, 9.17) is 10.5 Å². The maximum absolute atomic E-state index is 6.22. The van der Waals surface area contributed by atoms with E-state index in [0.717, 1.165) is 51.2 Å². The van der Waals surface area contributed by atoms with Crippen molar-refractivity contribution in [1.82, 2.24) is 9.80 Å². The number of rotatable bonds is 4. The van der Waals surface area contributed by atoms with Crippen molar-refractivity contribution in [3.63, 3.8) is 0 Å². The first-order valence-corrected chi connectivity index (χ1v) is 8.51. The zero-order valence-corrected chi connectivity index (χ0v) is 13.9. The summed E-state index contributed by atoms with van der Waals surface area (Å²) < 4.78 is 6.22. The largest absolute Gasteiger partial charge is 0.490 e. The van der Waals surface area contributed by atoms with Gasteiger partial charge in [0.05, 0.1) is 0 Å². The van der Waals surface area contributed by atoms with Gasteiger partial charge in [0.25, 0.3) is 0 Å². The molecule has 1 aromatic rings. The number of benzene rings is 1. The fourth-order valence-electron chi connectivity index (χ4n) is 3.76. The van der Waals surface area contributed by atoms with Crippen LogP contribution in [0.4, 0.5) is 0 Å². The van der Waals surface area contributed by atoms with Gasteiger partial charge in [0.2, 0.25) is 0 Å². The van der Waals surface area contributed by atoms with E-state index in [1.807, 2.05) is 0 Å². The molecule has 2 atom stereocenters. The minimum Gasteiger partial charge on any atom is -0.490 e. The molecule has 3 rings (SSSR count). The van der Waals surface area contributed by atoms with Gasteiger partial charge in [0, 0.05) is 25.7 Å². The summed E-state index contributed by atoms with van der Waals surface area (Å²) in [6.07, 6.45) is 3.77. The van der Waals surface area contributed by atoms with Crippen LogP contribution in [0.15, 0.2) is 24.3 Å². The number of ether oxygens (including phenoxy) is 1. The van der Waals surface area contributed by atoms with Gasteiger partial charge in [0.15, 0.2) is 0 Å².